The minimum absolute atomic E-state index is 0.638. The van der Waals surface area contributed by atoms with Crippen LogP contribution in [0.5, 0.6) is 0 Å². The molecule has 0 spiro atoms. The maximum atomic E-state index is 8.79. The third-order valence-corrected chi connectivity index (χ3v) is 4.12. The lowest BCUT2D eigenvalue weighted by atomic mass is 10.1. The molecule has 3 rings (SSSR count). The van der Waals surface area contributed by atoms with Crippen LogP contribution in [0.4, 0.5) is 5.69 Å². The molecule has 0 radical (unpaired) electrons. The second-order valence-electron chi connectivity index (χ2n) is 6.07. The van der Waals surface area contributed by atoms with Crippen molar-refractivity contribution in [1.82, 2.24) is 9.91 Å². The normalized spacial score (nSPS) is 15.6. The highest BCUT2D eigenvalue weighted by Gasteiger charge is 2.15. The molecule has 5 heteroatoms. The number of aryl methyl sites for hydroxylation is 1. The van der Waals surface area contributed by atoms with Gasteiger partial charge in [-0.3, -0.25) is 9.91 Å². The third kappa shape index (κ3) is 4.40. The summed E-state index contributed by atoms with van der Waals surface area (Å²) in [5.41, 5.74) is 4.08. The Morgan fingerprint density at radius 2 is 1.79 bits per heavy atom. The van der Waals surface area contributed by atoms with Crippen LogP contribution >= 0.6 is 0 Å². The van der Waals surface area contributed by atoms with Gasteiger partial charge >= 0.3 is 0 Å². The summed E-state index contributed by atoms with van der Waals surface area (Å²) in [4.78, 5) is 2.45. The highest BCUT2D eigenvalue weighted by Crippen LogP contribution is 2.15. The van der Waals surface area contributed by atoms with Gasteiger partial charge in [0, 0.05) is 19.6 Å². The van der Waals surface area contributed by atoms with Crippen molar-refractivity contribution in [2.45, 2.75) is 13.5 Å². The molecule has 1 heterocycles. The minimum Gasteiger partial charge on any atom is -0.295 e. The lowest BCUT2D eigenvalue weighted by Crippen LogP contribution is -2.43. The Bertz CT molecular complexity index is 737. The quantitative estimate of drug-likeness (QED) is 0.808. The second-order valence-corrected chi connectivity index (χ2v) is 6.07. The molecule has 0 unspecified atom stereocenters. The molecule has 122 valence electrons. The first-order valence-electron chi connectivity index (χ1n) is 8.17. The van der Waals surface area contributed by atoms with E-state index in [1.54, 1.807) is 12.1 Å². The smallest absolute Gasteiger partial charge is 0.0991 e. The average Bonchev–Trinajstić information content (AvgIpc) is 2.62. The number of rotatable bonds is 4. The van der Waals surface area contributed by atoms with Gasteiger partial charge in [0.05, 0.1) is 30.4 Å². The fourth-order valence-electron chi connectivity index (χ4n) is 2.77. The molecule has 0 saturated carbocycles. The molecule has 5 nitrogen and oxygen atoms in total. The Balaban J connectivity index is 1.49. The Kier molecular flexibility index (Phi) is 5.19. The molecule has 0 N–H and O–H groups in total. The van der Waals surface area contributed by atoms with Gasteiger partial charge in [-0.25, -0.2) is 0 Å². The highest BCUT2D eigenvalue weighted by atomic mass is 15.6. The number of piperazine rings is 1. The minimum atomic E-state index is 0.638. The van der Waals surface area contributed by atoms with Crippen molar-refractivity contribution in [2.24, 2.45) is 10.3 Å². The zero-order valence-electron chi connectivity index (χ0n) is 13.9. The fourth-order valence-corrected chi connectivity index (χ4v) is 2.77. The highest BCUT2D eigenvalue weighted by molar-refractivity contribution is 5.41. The van der Waals surface area contributed by atoms with E-state index in [9.17, 15) is 0 Å². The van der Waals surface area contributed by atoms with Crippen molar-refractivity contribution in [3.63, 3.8) is 0 Å². The molecule has 0 aromatic heterocycles. The predicted octanol–water partition coefficient (Wildman–Crippen LogP) is 3.68. The number of nitriles is 1. The zero-order chi connectivity index (χ0) is 16.8. The summed E-state index contributed by atoms with van der Waals surface area (Å²) < 4.78 is 0. The van der Waals surface area contributed by atoms with Crippen molar-refractivity contribution < 1.29 is 0 Å². The van der Waals surface area contributed by atoms with E-state index in [0.717, 1.165) is 38.4 Å². The topological polar surface area (TPSA) is 55.0 Å². The van der Waals surface area contributed by atoms with Crippen molar-refractivity contribution in [3.8, 4) is 6.07 Å². The van der Waals surface area contributed by atoms with Crippen LogP contribution in [0.2, 0.25) is 0 Å². The Morgan fingerprint density at radius 3 is 2.46 bits per heavy atom. The van der Waals surface area contributed by atoms with Crippen LogP contribution in [0.15, 0.2) is 58.9 Å². The zero-order valence-corrected chi connectivity index (χ0v) is 13.9. The van der Waals surface area contributed by atoms with E-state index in [1.807, 2.05) is 17.1 Å². The summed E-state index contributed by atoms with van der Waals surface area (Å²) in [6.45, 7) is 6.85. The van der Waals surface area contributed by atoms with E-state index >= 15 is 0 Å². The summed E-state index contributed by atoms with van der Waals surface area (Å²) in [7, 11) is 0. The first-order chi connectivity index (χ1) is 11.7. The van der Waals surface area contributed by atoms with Crippen LogP contribution < -0.4 is 0 Å². The summed E-state index contributed by atoms with van der Waals surface area (Å²) in [5, 5.41) is 19.4. The Labute approximate surface area is 142 Å². The average molecular weight is 319 g/mol. The fraction of sp³-hybridized carbons (Fsp3) is 0.316. The van der Waals surface area contributed by atoms with E-state index in [0.29, 0.717) is 5.56 Å². The van der Waals surface area contributed by atoms with Crippen molar-refractivity contribution in [2.75, 3.05) is 26.2 Å². The molecule has 0 aliphatic carbocycles. The molecule has 2 aromatic rings. The first-order valence-corrected chi connectivity index (χ1v) is 8.17. The van der Waals surface area contributed by atoms with Gasteiger partial charge in [-0.2, -0.15) is 5.26 Å². The summed E-state index contributed by atoms with van der Waals surface area (Å²) in [6.07, 6.45) is 0. The largest absolute Gasteiger partial charge is 0.295 e. The second kappa shape index (κ2) is 7.71. The van der Waals surface area contributed by atoms with Gasteiger partial charge in [0.1, 0.15) is 0 Å². The van der Waals surface area contributed by atoms with Gasteiger partial charge in [0.25, 0.3) is 0 Å². The molecule has 0 bridgehead atoms. The summed E-state index contributed by atoms with van der Waals surface area (Å²) in [5.74, 6) is 0. The van der Waals surface area contributed by atoms with Crippen molar-refractivity contribution in [1.29, 1.82) is 5.26 Å². The molecular weight excluding hydrogens is 298 g/mol. The lowest BCUT2D eigenvalue weighted by Gasteiger charge is -2.32. The van der Waals surface area contributed by atoms with Crippen LogP contribution in [0.3, 0.4) is 0 Å². The van der Waals surface area contributed by atoms with Gasteiger partial charge in [-0.1, -0.05) is 35.1 Å². The predicted molar refractivity (Wildman–Crippen MR) is 93.7 cm³/mol. The number of hydrogen-bond donors (Lipinski definition) is 0. The molecule has 1 aliphatic heterocycles. The van der Waals surface area contributed by atoms with Gasteiger partial charge < -0.3 is 0 Å². The van der Waals surface area contributed by atoms with Crippen molar-refractivity contribution in [3.05, 3.63) is 65.2 Å². The van der Waals surface area contributed by atoms with Gasteiger partial charge in [-0.05, 0) is 36.8 Å². The molecule has 1 fully saturated rings. The lowest BCUT2D eigenvalue weighted by molar-refractivity contribution is 0.124. The molecule has 1 aliphatic rings. The van der Waals surface area contributed by atoms with E-state index in [4.69, 9.17) is 5.26 Å². The number of benzene rings is 2. The summed E-state index contributed by atoms with van der Waals surface area (Å²) in [6, 6.07) is 17.9. The number of nitrogens with zero attached hydrogens (tertiary/aromatic N) is 5. The van der Waals surface area contributed by atoms with Crippen LogP contribution in [-0.2, 0) is 6.54 Å². The van der Waals surface area contributed by atoms with Crippen LogP contribution in [0, 0.1) is 18.3 Å². The van der Waals surface area contributed by atoms with Crippen LogP contribution in [-0.4, -0.2) is 36.1 Å². The van der Waals surface area contributed by atoms with Gasteiger partial charge in [0.15, 0.2) is 0 Å². The first kappa shape index (κ1) is 16.2. The molecule has 0 amide bonds. The van der Waals surface area contributed by atoms with Gasteiger partial charge in [0.2, 0.25) is 0 Å². The Morgan fingerprint density at radius 1 is 1.04 bits per heavy atom. The maximum absolute atomic E-state index is 8.79. The van der Waals surface area contributed by atoms with Crippen LogP contribution in [0.1, 0.15) is 16.7 Å². The molecule has 2 aromatic carbocycles. The number of hydrogen-bond acceptors (Lipinski definition) is 4. The van der Waals surface area contributed by atoms with E-state index in [2.05, 4.69) is 52.5 Å². The van der Waals surface area contributed by atoms with E-state index < -0.39 is 0 Å². The SMILES string of the molecule is Cc1cccc(CN2CCN(N=Nc3ccc(C#N)cc3)CC2)c1. The van der Waals surface area contributed by atoms with E-state index in [1.165, 1.54) is 11.1 Å². The third-order valence-electron chi connectivity index (χ3n) is 4.12. The van der Waals surface area contributed by atoms with Crippen LogP contribution in [0.25, 0.3) is 0 Å². The van der Waals surface area contributed by atoms with Gasteiger partial charge in [-0.15, -0.1) is 5.11 Å². The summed E-state index contributed by atoms with van der Waals surface area (Å²) >= 11 is 0. The monoisotopic (exact) mass is 319 g/mol. The van der Waals surface area contributed by atoms with E-state index in [-0.39, 0.29) is 0 Å². The molecule has 0 atom stereocenters. The molecular formula is C19H21N5. The maximum Gasteiger partial charge on any atom is 0.0991 e. The standard InChI is InChI=1S/C19H21N5/c1-16-3-2-4-18(13-16)15-23-9-11-24(12-10-23)22-21-19-7-5-17(14-20)6-8-19/h2-8,13H,9-12,15H2,1H3. The molecule has 1 saturated heterocycles. The molecule has 24 heavy (non-hydrogen) atoms. The van der Waals surface area contributed by atoms with Crippen molar-refractivity contribution >= 4 is 5.69 Å². The Hall–Kier alpha value is -2.71.